The standard InChI is InChI=1S/C20H25FN2O2/c1-4-13(3)15-8-6-7-9-19(15)25-18(5-2)20(24)23-17-12-14(22)10-11-16(17)21/h6-13,18H,4-5,22H2,1-3H3,(H,23,24)/t13-,18-/m1/s1. The van der Waals surface area contributed by atoms with Crippen LogP contribution in [0.5, 0.6) is 5.75 Å². The van der Waals surface area contributed by atoms with Crippen molar-refractivity contribution in [1.29, 1.82) is 0 Å². The molecule has 2 aromatic rings. The molecule has 0 bridgehead atoms. The van der Waals surface area contributed by atoms with E-state index < -0.39 is 17.8 Å². The summed E-state index contributed by atoms with van der Waals surface area (Å²) in [6, 6.07) is 11.8. The number of anilines is 2. The van der Waals surface area contributed by atoms with E-state index in [1.807, 2.05) is 31.2 Å². The number of para-hydroxylation sites is 1. The minimum atomic E-state index is -0.717. The lowest BCUT2D eigenvalue weighted by molar-refractivity contribution is -0.122. The highest BCUT2D eigenvalue weighted by molar-refractivity contribution is 5.94. The molecule has 0 aromatic heterocycles. The van der Waals surface area contributed by atoms with Crippen LogP contribution in [-0.4, -0.2) is 12.0 Å². The first-order chi connectivity index (χ1) is 12.0. The zero-order valence-corrected chi connectivity index (χ0v) is 14.9. The molecule has 0 saturated heterocycles. The second-order valence-electron chi connectivity index (χ2n) is 6.09. The fourth-order valence-corrected chi connectivity index (χ4v) is 2.54. The lowest BCUT2D eigenvalue weighted by Crippen LogP contribution is -2.33. The number of nitrogens with two attached hydrogens (primary N) is 1. The van der Waals surface area contributed by atoms with E-state index in [-0.39, 0.29) is 5.69 Å². The zero-order chi connectivity index (χ0) is 18.4. The summed E-state index contributed by atoms with van der Waals surface area (Å²) < 4.78 is 19.8. The van der Waals surface area contributed by atoms with Gasteiger partial charge in [-0.05, 0) is 48.6 Å². The van der Waals surface area contributed by atoms with Crippen LogP contribution in [0.4, 0.5) is 15.8 Å². The monoisotopic (exact) mass is 344 g/mol. The molecule has 25 heavy (non-hydrogen) atoms. The van der Waals surface area contributed by atoms with Crippen molar-refractivity contribution in [2.75, 3.05) is 11.1 Å². The topological polar surface area (TPSA) is 64.3 Å². The molecule has 0 radical (unpaired) electrons. The Balaban J connectivity index is 2.17. The van der Waals surface area contributed by atoms with Crippen LogP contribution < -0.4 is 15.8 Å². The van der Waals surface area contributed by atoms with Crippen molar-refractivity contribution in [3.8, 4) is 5.75 Å². The summed E-state index contributed by atoms with van der Waals surface area (Å²) in [6.07, 6.45) is 0.716. The molecule has 3 N–H and O–H groups in total. The van der Waals surface area contributed by atoms with Gasteiger partial charge in [0.25, 0.3) is 5.91 Å². The summed E-state index contributed by atoms with van der Waals surface area (Å²) >= 11 is 0. The molecule has 0 aliphatic carbocycles. The zero-order valence-electron chi connectivity index (χ0n) is 14.9. The Bertz CT molecular complexity index is 733. The number of hydrogen-bond donors (Lipinski definition) is 2. The van der Waals surface area contributed by atoms with E-state index >= 15 is 0 Å². The van der Waals surface area contributed by atoms with Gasteiger partial charge >= 0.3 is 0 Å². The van der Waals surface area contributed by atoms with E-state index in [9.17, 15) is 9.18 Å². The molecule has 0 aliphatic heterocycles. The molecule has 1 amide bonds. The number of carbonyl (C=O) groups is 1. The number of halogens is 1. The van der Waals surface area contributed by atoms with Crippen molar-refractivity contribution >= 4 is 17.3 Å². The van der Waals surface area contributed by atoms with Crippen molar-refractivity contribution < 1.29 is 13.9 Å². The van der Waals surface area contributed by atoms with Crippen LogP contribution >= 0.6 is 0 Å². The number of amides is 1. The third-order valence-corrected chi connectivity index (χ3v) is 4.24. The Morgan fingerprint density at radius 1 is 1.20 bits per heavy atom. The van der Waals surface area contributed by atoms with E-state index in [1.165, 1.54) is 18.2 Å². The highest BCUT2D eigenvalue weighted by atomic mass is 19.1. The van der Waals surface area contributed by atoms with Gasteiger partial charge in [-0.2, -0.15) is 0 Å². The maximum atomic E-state index is 13.8. The largest absolute Gasteiger partial charge is 0.480 e. The Labute approximate surface area is 148 Å². The van der Waals surface area contributed by atoms with Crippen molar-refractivity contribution in [3.05, 3.63) is 53.8 Å². The Kier molecular flexibility index (Phi) is 6.39. The maximum Gasteiger partial charge on any atom is 0.265 e. The normalized spacial score (nSPS) is 13.1. The van der Waals surface area contributed by atoms with Crippen LogP contribution in [0.25, 0.3) is 0 Å². The molecule has 4 nitrogen and oxygen atoms in total. The molecule has 0 unspecified atom stereocenters. The smallest absolute Gasteiger partial charge is 0.265 e. The summed E-state index contributed by atoms with van der Waals surface area (Å²) in [6.45, 7) is 6.07. The first kappa shape index (κ1) is 18.8. The molecular formula is C20H25FN2O2. The molecule has 0 heterocycles. The Hall–Kier alpha value is -2.56. The molecule has 2 aromatic carbocycles. The quantitative estimate of drug-likeness (QED) is 0.715. The van der Waals surface area contributed by atoms with Crippen LogP contribution in [0, 0.1) is 5.82 Å². The number of nitrogen functional groups attached to an aromatic ring is 1. The van der Waals surface area contributed by atoms with Gasteiger partial charge in [0.2, 0.25) is 0 Å². The average molecular weight is 344 g/mol. The van der Waals surface area contributed by atoms with E-state index in [4.69, 9.17) is 10.5 Å². The predicted molar refractivity (Wildman–Crippen MR) is 99.3 cm³/mol. The van der Waals surface area contributed by atoms with E-state index in [2.05, 4.69) is 19.2 Å². The highest BCUT2D eigenvalue weighted by Gasteiger charge is 2.21. The molecule has 0 fully saturated rings. The number of hydrogen-bond acceptors (Lipinski definition) is 3. The van der Waals surface area contributed by atoms with Gasteiger partial charge in [-0.15, -0.1) is 0 Å². The van der Waals surface area contributed by atoms with Gasteiger partial charge in [0, 0.05) is 5.69 Å². The first-order valence-electron chi connectivity index (χ1n) is 8.57. The van der Waals surface area contributed by atoms with E-state index in [0.717, 1.165) is 12.0 Å². The van der Waals surface area contributed by atoms with Crippen molar-refractivity contribution in [2.24, 2.45) is 0 Å². The summed E-state index contributed by atoms with van der Waals surface area (Å²) in [5.74, 6) is 0.0818. The number of ether oxygens (including phenoxy) is 1. The minimum absolute atomic E-state index is 0.0576. The van der Waals surface area contributed by atoms with E-state index in [0.29, 0.717) is 23.8 Å². The van der Waals surface area contributed by atoms with Crippen LogP contribution in [-0.2, 0) is 4.79 Å². The number of carbonyl (C=O) groups excluding carboxylic acids is 1. The van der Waals surface area contributed by atoms with Crippen molar-refractivity contribution in [2.45, 2.75) is 45.6 Å². The SMILES string of the molecule is CC[C@@H](C)c1ccccc1O[C@H](CC)C(=O)Nc1cc(N)ccc1F. The Morgan fingerprint density at radius 2 is 1.92 bits per heavy atom. The van der Waals surface area contributed by atoms with Gasteiger partial charge in [-0.3, -0.25) is 4.79 Å². The van der Waals surface area contributed by atoms with Crippen molar-refractivity contribution in [3.63, 3.8) is 0 Å². The maximum absolute atomic E-state index is 13.8. The van der Waals surface area contributed by atoms with Crippen LogP contribution in [0.3, 0.4) is 0 Å². The predicted octanol–water partition coefficient (Wildman–Crippen LogP) is 4.72. The summed E-state index contributed by atoms with van der Waals surface area (Å²) in [5.41, 5.74) is 7.16. The van der Waals surface area contributed by atoms with Crippen LogP contribution in [0.2, 0.25) is 0 Å². The second kappa shape index (κ2) is 8.51. The molecule has 0 spiro atoms. The fourth-order valence-electron chi connectivity index (χ4n) is 2.54. The average Bonchev–Trinajstić information content (AvgIpc) is 2.62. The third kappa shape index (κ3) is 4.72. The molecule has 2 rings (SSSR count). The summed E-state index contributed by atoms with van der Waals surface area (Å²) in [5, 5.41) is 2.57. The lowest BCUT2D eigenvalue weighted by atomic mass is 9.98. The first-order valence-corrected chi connectivity index (χ1v) is 8.57. The number of rotatable bonds is 7. The molecule has 0 saturated carbocycles. The van der Waals surface area contributed by atoms with Gasteiger partial charge in [-0.25, -0.2) is 4.39 Å². The highest BCUT2D eigenvalue weighted by Crippen LogP contribution is 2.29. The molecular weight excluding hydrogens is 319 g/mol. The summed E-state index contributed by atoms with van der Waals surface area (Å²) in [4.78, 5) is 12.5. The van der Waals surface area contributed by atoms with Gasteiger partial charge < -0.3 is 15.8 Å². The molecule has 134 valence electrons. The fraction of sp³-hybridized carbons (Fsp3) is 0.350. The third-order valence-electron chi connectivity index (χ3n) is 4.24. The molecule has 2 atom stereocenters. The van der Waals surface area contributed by atoms with Gasteiger partial charge in [0.15, 0.2) is 6.10 Å². The van der Waals surface area contributed by atoms with Gasteiger partial charge in [0.05, 0.1) is 5.69 Å². The number of benzene rings is 2. The molecule has 0 aliphatic rings. The summed E-state index contributed by atoms with van der Waals surface area (Å²) in [7, 11) is 0. The second-order valence-corrected chi connectivity index (χ2v) is 6.09. The van der Waals surface area contributed by atoms with Crippen LogP contribution in [0.15, 0.2) is 42.5 Å². The number of nitrogens with one attached hydrogen (secondary N) is 1. The van der Waals surface area contributed by atoms with Crippen LogP contribution in [0.1, 0.15) is 45.1 Å². The Morgan fingerprint density at radius 3 is 2.60 bits per heavy atom. The van der Waals surface area contributed by atoms with E-state index in [1.54, 1.807) is 0 Å². The van der Waals surface area contributed by atoms with Gasteiger partial charge in [-0.1, -0.05) is 39.0 Å². The van der Waals surface area contributed by atoms with Gasteiger partial charge in [0.1, 0.15) is 11.6 Å². The van der Waals surface area contributed by atoms with Crippen molar-refractivity contribution in [1.82, 2.24) is 0 Å². The minimum Gasteiger partial charge on any atom is -0.480 e. The molecule has 5 heteroatoms. The lowest BCUT2D eigenvalue weighted by Gasteiger charge is -2.21.